The van der Waals surface area contributed by atoms with Gasteiger partial charge in [-0.2, -0.15) is 4.99 Å². The number of rotatable bonds is 2. The molecule has 6 aromatic carbocycles. The molecule has 1 aliphatic heterocycles. The number of hydrogen-bond acceptors (Lipinski definition) is 4. The molecule has 1 unspecified atom stereocenters. The largest absolute Gasteiger partial charge is 0.456 e. The molecule has 9 rings (SSSR count). The van der Waals surface area contributed by atoms with Gasteiger partial charge in [0.05, 0.1) is 11.0 Å². The van der Waals surface area contributed by atoms with Gasteiger partial charge in [-0.1, -0.05) is 115 Å². The van der Waals surface area contributed by atoms with Crippen LogP contribution < -0.4 is 5.32 Å². The van der Waals surface area contributed by atoms with Gasteiger partial charge in [-0.05, 0) is 29.1 Å². The lowest BCUT2D eigenvalue weighted by Gasteiger charge is -2.24. The highest BCUT2D eigenvalue weighted by molar-refractivity contribution is 6.25. The maximum absolute atomic E-state index is 6.24. The molecule has 0 saturated carbocycles. The molecule has 0 saturated heterocycles. The number of fused-ring (bicyclic) bond motifs is 8. The Hall–Kier alpha value is -5.68. The van der Waals surface area contributed by atoms with Crippen LogP contribution in [0.2, 0.25) is 0 Å². The molecule has 2 aromatic heterocycles. The summed E-state index contributed by atoms with van der Waals surface area (Å²) in [5, 5.41) is 10.5. The fraction of sp³-hybridized carbons (Fsp3) is 0.0270. The number of para-hydroxylation sites is 2. The molecule has 198 valence electrons. The van der Waals surface area contributed by atoms with E-state index in [1.807, 2.05) is 36.4 Å². The van der Waals surface area contributed by atoms with E-state index in [1.165, 1.54) is 21.5 Å². The zero-order valence-electron chi connectivity index (χ0n) is 22.5. The summed E-state index contributed by atoms with van der Waals surface area (Å²) in [5.41, 5.74) is 5.93. The van der Waals surface area contributed by atoms with Crippen LogP contribution in [0.25, 0.3) is 54.5 Å². The van der Waals surface area contributed by atoms with Crippen molar-refractivity contribution in [1.29, 1.82) is 0 Å². The van der Waals surface area contributed by atoms with E-state index in [1.54, 1.807) is 0 Å². The van der Waals surface area contributed by atoms with Crippen LogP contribution >= 0.6 is 0 Å². The number of benzene rings is 6. The van der Waals surface area contributed by atoms with Crippen LogP contribution in [0.5, 0.6) is 0 Å². The van der Waals surface area contributed by atoms with E-state index in [2.05, 4.69) is 107 Å². The summed E-state index contributed by atoms with van der Waals surface area (Å²) < 4.78 is 8.47. The van der Waals surface area contributed by atoms with Crippen LogP contribution in [0, 0.1) is 0 Å². The minimum absolute atomic E-state index is 0.326. The van der Waals surface area contributed by atoms with Crippen molar-refractivity contribution < 1.29 is 4.42 Å². The zero-order valence-corrected chi connectivity index (χ0v) is 22.5. The van der Waals surface area contributed by atoms with Crippen LogP contribution in [0.4, 0.5) is 0 Å². The van der Waals surface area contributed by atoms with Gasteiger partial charge in [-0.25, -0.2) is 4.99 Å². The lowest BCUT2D eigenvalue weighted by molar-refractivity contribution is 0.666. The molecule has 5 nitrogen and oxygen atoms in total. The molecular formula is C37H24N4O. The molecule has 0 spiro atoms. The van der Waals surface area contributed by atoms with Gasteiger partial charge in [0.25, 0.3) is 0 Å². The highest BCUT2D eigenvalue weighted by Gasteiger charge is 2.26. The van der Waals surface area contributed by atoms with Crippen LogP contribution in [-0.2, 0) is 0 Å². The van der Waals surface area contributed by atoms with Crippen LogP contribution in [0.15, 0.2) is 148 Å². The first-order chi connectivity index (χ1) is 20.8. The molecule has 0 amide bonds. The first-order valence-corrected chi connectivity index (χ1v) is 14.1. The Bertz CT molecular complexity index is 2390. The minimum atomic E-state index is -0.326. The lowest BCUT2D eigenvalue weighted by Crippen LogP contribution is -2.35. The molecular weight excluding hydrogens is 516 g/mol. The molecule has 0 fully saturated rings. The Morgan fingerprint density at radius 3 is 2.24 bits per heavy atom. The maximum atomic E-state index is 6.24. The average molecular weight is 541 g/mol. The number of aromatic nitrogens is 1. The quantitative estimate of drug-likeness (QED) is 0.238. The summed E-state index contributed by atoms with van der Waals surface area (Å²) in [4.78, 5) is 10.6. The number of amidine groups is 1. The zero-order chi connectivity index (χ0) is 27.6. The fourth-order valence-corrected chi connectivity index (χ4v) is 6.39. The minimum Gasteiger partial charge on any atom is -0.456 e. The summed E-state index contributed by atoms with van der Waals surface area (Å²) in [5.74, 6) is 1.40. The highest BCUT2D eigenvalue weighted by Crippen LogP contribution is 2.36. The van der Waals surface area contributed by atoms with E-state index >= 15 is 0 Å². The van der Waals surface area contributed by atoms with Crippen molar-refractivity contribution in [3.8, 4) is 0 Å². The average Bonchev–Trinajstić information content (AvgIpc) is 3.61. The molecule has 1 atom stereocenters. The van der Waals surface area contributed by atoms with Crippen molar-refractivity contribution in [2.45, 2.75) is 6.17 Å². The predicted octanol–water partition coefficient (Wildman–Crippen LogP) is 8.80. The molecule has 3 heterocycles. The van der Waals surface area contributed by atoms with Crippen molar-refractivity contribution in [2.24, 2.45) is 9.98 Å². The summed E-state index contributed by atoms with van der Waals surface area (Å²) in [6, 6.07) is 46.1. The number of hydrogen-bond donors (Lipinski definition) is 1. The SMILES string of the molecule is c1ccc(C2N=C(n3c4ccccc4c4ccc5ccccc5c43)N=C(c3cccc4oc5ccccc5c34)N2)cc1. The third-order valence-electron chi connectivity index (χ3n) is 8.26. The second-order valence-electron chi connectivity index (χ2n) is 10.7. The molecule has 5 heteroatoms. The summed E-state index contributed by atoms with van der Waals surface area (Å²) in [7, 11) is 0. The summed E-state index contributed by atoms with van der Waals surface area (Å²) >= 11 is 0. The van der Waals surface area contributed by atoms with E-state index in [-0.39, 0.29) is 6.17 Å². The molecule has 42 heavy (non-hydrogen) atoms. The molecule has 0 bridgehead atoms. The molecule has 8 aromatic rings. The molecule has 1 N–H and O–H groups in total. The van der Waals surface area contributed by atoms with Gasteiger partial charge in [-0.15, -0.1) is 0 Å². The topological polar surface area (TPSA) is 54.8 Å². The van der Waals surface area contributed by atoms with Gasteiger partial charge < -0.3 is 9.73 Å². The van der Waals surface area contributed by atoms with Gasteiger partial charge in [-0.3, -0.25) is 4.57 Å². The monoisotopic (exact) mass is 540 g/mol. The Morgan fingerprint density at radius 1 is 0.595 bits per heavy atom. The van der Waals surface area contributed by atoms with Crippen LogP contribution in [0.1, 0.15) is 17.3 Å². The maximum Gasteiger partial charge on any atom is 0.234 e. The van der Waals surface area contributed by atoms with Gasteiger partial charge >= 0.3 is 0 Å². The van der Waals surface area contributed by atoms with Crippen molar-refractivity contribution in [1.82, 2.24) is 9.88 Å². The Balaban J connectivity index is 1.37. The van der Waals surface area contributed by atoms with Crippen molar-refractivity contribution >= 4 is 66.3 Å². The highest BCUT2D eigenvalue weighted by atomic mass is 16.3. The number of furan rings is 1. The molecule has 0 aliphatic carbocycles. The molecule has 0 radical (unpaired) electrons. The predicted molar refractivity (Wildman–Crippen MR) is 172 cm³/mol. The van der Waals surface area contributed by atoms with Crippen LogP contribution in [0.3, 0.4) is 0 Å². The first kappa shape index (κ1) is 23.1. The van der Waals surface area contributed by atoms with Crippen molar-refractivity contribution in [3.05, 3.63) is 145 Å². The van der Waals surface area contributed by atoms with Gasteiger partial charge in [0.1, 0.15) is 23.2 Å². The normalized spacial score (nSPS) is 15.4. The standard InChI is InChI=1S/C37H24N4O/c1-2-12-24(13-3-1)35-38-36(29-17-10-20-32-33(29)28-16-7-9-19-31(28)42-32)40-37(39-35)41-30-18-8-6-15-26(30)27-22-21-23-11-4-5-14-25(23)34(27)41/h1-22,35H,(H,38,39,40). The molecule has 1 aliphatic rings. The summed E-state index contributed by atoms with van der Waals surface area (Å²) in [6.07, 6.45) is -0.326. The first-order valence-electron chi connectivity index (χ1n) is 14.1. The lowest BCUT2D eigenvalue weighted by atomic mass is 10.0. The number of aliphatic imine (C=N–C) groups is 2. The van der Waals surface area contributed by atoms with E-state index in [4.69, 9.17) is 14.4 Å². The Labute approximate surface area is 241 Å². The van der Waals surface area contributed by atoms with E-state index in [0.29, 0.717) is 5.96 Å². The van der Waals surface area contributed by atoms with Crippen LogP contribution in [-0.4, -0.2) is 16.4 Å². The number of nitrogens with one attached hydrogen (secondary N) is 1. The van der Waals surface area contributed by atoms with Crippen molar-refractivity contribution in [2.75, 3.05) is 0 Å². The Kier molecular flexibility index (Phi) is 4.90. The summed E-state index contributed by atoms with van der Waals surface area (Å²) in [6.45, 7) is 0. The van der Waals surface area contributed by atoms with Gasteiger partial charge in [0.2, 0.25) is 5.96 Å². The van der Waals surface area contributed by atoms with Gasteiger partial charge in [0, 0.05) is 32.5 Å². The van der Waals surface area contributed by atoms with E-state index < -0.39 is 0 Å². The third-order valence-corrected chi connectivity index (χ3v) is 8.26. The van der Waals surface area contributed by atoms with Gasteiger partial charge in [0.15, 0.2) is 0 Å². The van der Waals surface area contributed by atoms with Crippen molar-refractivity contribution in [3.63, 3.8) is 0 Å². The van der Waals surface area contributed by atoms with E-state index in [0.717, 1.165) is 49.9 Å². The fourth-order valence-electron chi connectivity index (χ4n) is 6.39. The smallest absolute Gasteiger partial charge is 0.234 e. The van der Waals surface area contributed by atoms with E-state index in [9.17, 15) is 0 Å². The second-order valence-corrected chi connectivity index (χ2v) is 10.7. The Morgan fingerprint density at radius 2 is 1.33 bits per heavy atom. The number of nitrogens with zero attached hydrogens (tertiary/aromatic N) is 3. The second kappa shape index (κ2) is 8.91. The third kappa shape index (κ3) is 3.37.